The Labute approximate surface area is 219 Å². The summed E-state index contributed by atoms with van der Waals surface area (Å²) in [5, 5.41) is 5.56. The summed E-state index contributed by atoms with van der Waals surface area (Å²) >= 11 is 6.32. The van der Waals surface area contributed by atoms with Gasteiger partial charge < -0.3 is 20.1 Å². The summed E-state index contributed by atoms with van der Waals surface area (Å²) in [5.74, 6) is -0.882. The maximum absolute atomic E-state index is 13.3. The Morgan fingerprint density at radius 3 is 2.32 bits per heavy atom. The average Bonchev–Trinajstić information content (AvgIpc) is 3.12. The number of amides is 3. The van der Waals surface area contributed by atoms with E-state index in [2.05, 4.69) is 17.6 Å². The molecule has 0 radical (unpaired) electrons. The predicted molar refractivity (Wildman–Crippen MR) is 143 cm³/mol. The third kappa shape index (κ3) is 5.15. The molecule has 0 atom stereocenters. The Hall–Kier alpha value is -4.30. The van der Waals surface area contributed by atoms with Crippen molar-refractivity contribution in [3.8, 4) is 11.5 Å². The molecule has 0 saturated heterocycles. The minimum atomic E-state index is -0.695. The largest absolute Gasteiger partial charge is 0.497 e. The minimum Gasteiger partial charge on any atom is -0.497 e. The number of benzene rings is 3. The highest BCUT2D eigenvalue weighted by atomic mass is 35.5. The van der Waals surface area contributed by atoms with Gasteiger partial charge in [0.15, 0.2) is 0 Å². The van der Waals surface area contributed by atoms with Crippen molar-refractivity contribution in [3.05, 3.63) is 88.1 Å². The van der Waals surface area contributed by atoms with E-state index in [1.165, 1.54) is 19.8 Å². The lowest BCUT2D eigenvalue weighted by Gasteiger charge is -2.19. The summed E-state index contributed by atoms with van der Waals surface area (Å²) in [4.78, 5) is 40.1. The highest BCUT2D eigenvalue weighted by Crippen LogP contribution is 2.38. The third-order valence-electron chi connectivity index (χ3n) is 6.03. The van der Waals surface area contributed by atoms with Gasteiger partial charge in [0.25, 0.3) is 17.7 Å². The van der Waals surface area contributed by atoms with Crippen LogP contribution in [0.3, 0.4) is 0 Å². The fraction of sp³-hybridized carbons (Fsp3) is 0.179. The zero-order chi connectivity index (χ0) is 26.7. The maximum Gasteiger partial charge on any atom is 0.283 e. The Balaban J connectivity index is 1.58. The number of carbonyl (C=O) groups excluding carboxylic acids is 3. The number of methoxy groups -OCH3 is 2. The van der Waals surface area contributed by atoms with E-state index in [0.29, 0.717) is 22.7 Å². The number of nitrogens with one attached hydrogen (secondary N) is 2. The Bertz CT molecular complexity index is 1420. The van der Waals surface area contributed by atoms with E-state index in [0.717, 1.165) is 16.9 Å². The summed E-state index contributed by atoms with van der Waals surface area (Å²) in [5.41, 5.74) is 3.56. The van der Waals surface area contributed by atoms with Crippen molar-refractivity contribution in [3.63, 3.8) is 0 Å². The zero-order valence-electron chi connectivity index (χ0n) is 20.8. The molecule has 0 saturated carbocycles. The second-order valence-corrected chi connectivity index (χ2v) is 8.71. The predicted octanol–water partition coefficient (Wildman–Crippen LogP) is 5.26. The van der Waals surface area contributed by atoms with E-state index in [9.17, 15) is 14.4 Å². The summed E-state index contributed by atoms with van der Waals surface area (Å²) in [6, 6.07) is 17.4. The Morgan fingerprint density at radius 2 is 1.68 bits per heavy atom. The second kappa shape index (κ2) is 10.8. The number of ether oxygens (including phenoxy) is 2. The van der Waals surface area contributed by atoms with E-state index in [4.69, 9.17) is 21.1 Å². The molecule has 9 heteroatoms. The summed E-state index contributed by atoms with van der Waals surface area (Å²) < 4.78 is 10.5. The smallest absolute Gasteiger partial charge is 0.283 e. The monoisotopic (exact) mass is 519 g/mol. The van der Waals surface area contributed by atoms with Gasteiger partial charge in [-0.25, -0.2) is 4.90 Å². The fourth-order valence-electron chi connectivity index (χ4n) is 3.86. The lowest BCUT2D eigenvalue weighted by atomic mass is 10.1. The van der Waals surface area contributed by atoms with Crippen molar-refractivity contribution < 1.29 is 23.9 Å². The van der Waals surface area contributed by atoms with Crippen LogP contribution in [0.2, 0.25) is 0 Å². The van der Waals surface area contributed by atoms with Crippen LogP contribution in [0.5, 0.6) is 11.5 Å². The summed E-state index contributed by atoms with van der Waals surface area (Å²) in [6.07, 6.45) is 0.906. The number of hydrogen-bond donors (Lipinski definition) is 2. The first-order chi connectivity index (χ1) is 17.8. The van der Waals surface area contributed by atoms with Gasteiger partial charge in [0, 0.05) is 23.0 Å². The molecule has 8 nitrogen and oxygen atoms in total. The van der Waals surface area contributed by atoms with Crippen LogP contribution in [0.1, 0.15) is 28.4 Å². The molecule has 1 aliphatic rings. The number of rotatable bonds is 8. The third-order valence-corrected chi connectivity index (χ3v) is 6.39. The number of hydrogen-bond acceptors (Lipinski definition) is 6. The quantitative estimate of drug-likeness (QED) is 0.394. The van der Waals surface area contributed by atoms with E-state index < -0.39 is 11.8 Å². The maximum atomic E-state index is 13.3. The van der Waals surface area contributed by atoms with Gasteiger partial charge in [-0.2, -0.15) is 0 Å². The summed E-state index contributed by atoms with van der Waals surface area (Å²) in [6.45, 7) is 3.87. The first-order valence-electron chi connectivity index (χ1n) is 11.6. The van der Waals surface area contributed by atoms with Crippen LogP contribution in [-0.2, 0) is 16.0 Å². The van der Waals surface area contributed by atoms with Gasteiger partial charge in [-0.15, -0.1) is 0 Å². The van der Waals surface area contributed by atoms with Crippen LogP contribution in [0.4, 0.5) is 17.1 Å². The normalized spacial score (nSPS) is 13.2. The van der Waals surface area contributed by atoms with E-state index in [1.807, 2.05) is 31.2 Å². The molecule has 0 spiro atoms. The molecule has 37 heavy (non-hydrogen) atoms. The highest BCUT2D eigenvalue weighted by Gasteiger charge is 2.40. The number of carbonyl (C=O) groups is 3. The molecular formula is C28H26ClN3O5. The number of anilines is 3. The number of nitrogens with zero attached hydrogens (tertiary/aromatic N) is 1. The standard InChI is InChI=1S/C28H26ClN3O5/c1-5-17-7-10-19(11-8-17)30-26(33)18-9-6-16(2)21(14-18)31-25-24(29)27(34)32(28(25)35)22-13-12-20(36-3)15-23(22)37-4/h6-15,31H,5H2,1-4H3,(H,30,33). The number of aryl methyl sites for hydroxylation is 2. The van der Waals surface area contributed by atoms with Crippen LogP contribution in [-0.4, -0.2) is 31.9 Å². The van der Waals surface area contributed by atoms with Gasteiger partial charge >= 0.3 is 0 Å². The molecule has 2 N–H and O–H groups in total. The molecule has 0 fully saturated rings. The van der Waals surface area contributed by atoms with Gasteiger partial charge in [-0.3, -0.25) is 14.4 Å². The highest BCUT2D eigenvalue weighted by molar-refractivity contribution is 6.53. The van der Waals surface area contributed by atoms with Crippen LogP contribution in [0, 0.1) is 6.92 Å². The number of imide groups is 1. The Morgan fingerprint density at radius 1 is 0.946 bits per heavy atom. The molecule has 190 valence electrons. The van der Waals surface area contributed by atoms with Crippen molar-refractivity contribution in [1.29, 1.82) is 0 Å². The van der Waals surface area contributed by atoms with Gasteiger partial charge in [-0.05, 0) is 60.9 Å². The molecule has 0 unspecified atom stereocenters. The molecule has 1 aliphatic heterocycles. The Kier molecular flexibility index (Phi) is 7.50. The topological polar surface area (TPSA) is 97.0 Å². The van der Waals surface area contributed by atoms with E-state index in [-0.39, 0.29) is 28.1 Å². The number of halogens is 1. The molecule has 4 rings (SSSR count). The average molecular weight is 520 g/mol. The fourth-order valence-corrected chi connectivity index (χ4v) is 4.07. The second-order valence-electron chi connectivity index (χ2n) is 8.33. The molecule has 1 heterocycles. The van der Waals surface area contributed by atoms with Crippen LogP contribution in [0.25, 0.3) is 0 Å². The molecule has 3 amide bonds. The molecule has 3 aromatic rings. The van der Waals surface area contributed by atoms with Crippen molar-refractivity contribution in [2.75, 3.05) is 29.8 Å². The minimum absolute atomic E-state index is 0.0969. The molecule has 3 aromatic carbocycles. The van der Waals surface area contributed by atoms with Gasteiger partial charge in [-0.1, -0.05) is 36.7 Å². The molecule has 0 aromatic heterocycles. The van der Waals surface area contributed by atoms with Crippen LogP contribution < -0.4 is 25.0 Å². The molecule has 0 bridgehead atoms. The van der Waals surface area contributed by atoms with Crippen molar-refractivity contribution in [1.82, 2.24) is 0 Å². The van der Waals surface area contributed by atoms with Gasteiger partial charge in [0.1, 0.15) is 22.2 Å². The van der Waals surface area contributed by atoms with E-state index in [1.54, 1.807) is 36.4 Å². The van der Waals surface area contributed by atoms with Gasteiger partial charge in [0.2, 0.25) is 0 Å². The lowest BCUT2D eigenvalue weighted by molar-refractivity contribution is -0.120. The van der Waals surface area contributed by atoms with Crippen molar-refractivity contribution in [2.24, 2.45) is 0 Å². The molecular weight excluding hydrogens is 494 g/mol. The SMILES string of the molecule is CCc1ccc(NC(=O)c2ccc(C)c(NC3=C(Cl)C(=O)N(c4ccc(OC)cc4OC)C3=O)c2)cc1. The zero-order valence-corrected chi connectivity index (χ0v) is 21.6. The van der Waals surface area contributed by atoms with E-state index >= 15 is 0 Å². The van der Waals surface area contributed by atoms with Crippen LogP contribution >= 0.6 is 11.6 Å². The molecule has 0 aliphatic carbocycles. The van der Waals surface area contributed by atoms with Gasteiger partial charge in [0.05, 0.1) is 19.9 Å². The van der Waals surface area contributed by atoms with Crippen molar-refractivity contribution >= 4 is 46.4 Å². The first kappa shape index (κ1) is 25.8. The lowest BCUT2D eigenvalue weighted by Crippen LogP contribution is -2.32. The van der Waals surface area contributed by atoms with Crippen molar-refractivity contribution in [2.45, 2.75) is 20.3 Å². The first-order valence-corrected chi connectivity index (χ1v) is 11.9. The van der Waals surface area contributed by atoms with Crippen LogP contribution in [0.15, 0.2) is 71.4 Å². The summed E-state index contributed by atoms with van der Waals surface area (Å²) in [7, 11) is 2.93.